The van der Waals surface area contributed by atoms with E-state index in [9.17, 15) is 19.7 Å². The molecule has 12 heteroatoms. The molecule has 9 nitrogen and oxygen atoms in total. The summed E-state index contributed by atoms with van der Waals surface area (Å²) in [6.07, 6.45) is 0. The van der Waals surface area contributed by atoms with Gasteiger partial charge in [-0.05, 0) is 42.5 Å². The van der Waals surface area contributed by atoms with Crippen LogP contribution in [0.5, 0.6) is 5.75 Å². The summed E-state index contributed by atoms with van der Waals surface area (Å²) in [5.41, 5.74) is 4.62. The van der Waals surface area contributed by atoms with Gasteiger partial charge in [-0.25, -0.2) is 0 Å². The van der Waals surface area contributed by atoms with Crippen LogP contribution >= 0.6 is 39.7 Å². The van der Waals surface area contributed by atoms with Crippen molar-refractivity contribution in [1.82, 2.24) is 16.2 Å². The van der Waals surface area contributed by atoms with Gasteiger partial charge in [0.05, 0.1) is 9.95 Å². The Kier molecular flexibility index (Phi) is 7.67. The number of halogens is 2. The first-order valence-corrected chi connectivity index (χ1v) is 9.06. The lowest BCUT2D eigenvalue weighted by Gasteiger charge is -2.12. The van der Waals surface area contributed by atoms with E-state index in [1.165, 1.54) is 24.3 Å². The summed E-state index contributed by atoms with van der Waals surface area (Å²) in [6.45, 7) is -0.340. The number of nitro groups is 1. The zero-order chi connectivity index (χ0) is 20.7. The summed E-state index contributed by atoms with van der Waals surface area (Å²) in [5.74, 6) is -0.834. The fourth-order valence-corrected chi connectivity index (χ4v) is 2.71. The maximum atomic E-state index is 12.0. The number of carbonyl (C=O) groups is 2. The summed E-state index contributed by atoms with van der Waals surface area (Å²) < 4.78 is 6.04. The van der Waals surface area contributed by atoms with E-state index in [1.54, 1.807) is 18.2 Å². The van der Waals surface area contributed by atoms with Gasteiger partial charge in [0.15, 0.2) is 11.7 Å². The SMILES string of the molecule is O=C(COc1ccc(Br)cc1Cl)NNC(=S)NC(=O)c1ccc([N+](=O)[O-])cc1. The molecule has 0 aliphatic carbocycles. The Morgan fingerprint density at radius 3 is 2.46 bits per heavy atom. The molecule has 146 valence electrons. The molecule has 0 fully saturated rings. The Hall–Kier alpha value is -2.76. The van der Waals surface area contributed by atoms with Gasteiger partial charge in [-0.1, -0.05) is 27.5 Å². The number of thiocarbonyl (C=S) groups is 1. The number of hydrogen-bond donors (Lipinski definition) is 3. The maximum Gasteiger partial charge on any atom is 0.276 e. The molecule has 2 aromatic rings. The van der Waals surface area contributed by atoms with Gasteiger partial charge in [0.1, 0.15) is 5.75 Å². The normalized spacial score (nSPS) is 9.93. The van der Waals surface area contributed by atoms with E-state index in [0.29, 0.717) is 10.8 Å². The van der Waals surface area contributed by atoms with Crippen molar-refractivity contribution in [3.8, 4) is 5.75 Å². The molecule has 0 heterocycles. The van der Waals surface area contributed by atoms with E-state index in [-0.39, 0.29) is 23.0 Å². The van der Waals surface area contributed by atoms with Crippen LogP contribution in [0.25, 0.3) is 0 Å². The first-order chi connectivity index (χ1) is 13.3. The number of nitrogens with zero attached hydrogens (tertiary/aromatic N) is 1. The van der Waals surface area contributed by atoms with Crippen molar-refractivity contribution in [2.75, 3.05) is 6.61 Å². The quantitative estimate of drug-likeness (QED) is 0.337. The van der Waals surface area contributed by atoms with E-state index in [1.807, 2.05) is 0 Å². The van der Waals surface area contributed by atoms with E-state index in [2.05, 4.69) is 32.1 Å². The van der Waals surface area contributed by atoms with Gasteiger partial charge in [0.2, 0.25) is 0 Å². The Balaban J connectivity index is 1.77. The monoisotopic (exact) mass is 486 g/mol. The standard InChI is InChI=1S/C16H12BrClN4O5S/c17-10-3-6-13(12(18)7-10)27-8-14(23)20-21-16(28)19-15(24)9-1-4-11(5-2-9)22(25)26/h1-7H,8H2,(H,20,23)(H2,19,21,24,28). The molecular formula is C16H12BrClN4O5S. The highest BCUT2D eigenvalue weighted by Crippen LogP contribution is 2.27. The lowest BCUT2D eigenvalue weighted by molar-refractivity contribution is -0.384. The third-order valence-corrected chi connectivity index (χ3v) is 4.13. The van der Waals surface area contributed by atoms with E-state index in [4.69, 9.17) is 28.6 Å². The number of rotatable bonds is 5. The smallest absolute Gasteiger partial charge is 0.276 e. The average Bonchev–Trinajstić information content (AvgIpc) is 2.65. The molecule has 0 bridgehead atoms. The topological polar surface area (TPSA) is 123 Å². The van der Waals surface area contributed by atoms with Gasteiger partial charge in [-0.3, -0.25) is 35.9 Å². The summed E-state index contributed by atoms with van der Waals surface area (Å²) in [5, 5.41) is 13.1. The number of non-ortho nitro benzene ring substituents is 1. The number of carbonyl (C=O) groups excluding carboxylic acids is 2. The van der Waals surface area contributed by atoms with Crippen molar-refractivity contribution in [3.63, 3.8) is 0 Å². The molecule has 2 rings (SSSR count). The number of benzene rings is 2. The van der Waals surface area contributed by atoms with Crippen LogP contribution in [0.2, 0.25) is 5.02 Å². The van der Waals surface area contributed by atoms with Crippen molar-refractivity contribution in [3.05, 3.63) is 67.6 Å². The molecule has 0 unspecified atom stereocenters. The first-order valence-electron chi connectivity index (χ1n) is 7.48. The van der Waals surface area contributed by atoms with Crippen LogP contribution in [0.4, 0.5) is 5.69 Å². The minimum atomic E-state index is -0.598. The van der Waals surface area contributed by atoms with E-state index < -0.39 is 16.7 Å². The van der Waals surface area contributed by atoms with Crippen LogP contribution < -0.4 is 20.9 Å². The number of hydrogen-bond acceptors (Lipinski definition) is 6. The van der Waals surface area contributed by atoms with Crippen LogP contribution in [-0.4, -0.2) is 28.5 Å². The first kappa shape index (κ1) is 21.5. The largest absolute Gasteiger partial charge is 0.482 e. The zero-order valence-electron chi connectivity index (χ0n) is 13.9. The van der Waals surface area contributed by atoms with E-state index in [0.717, 1.165) is 4.47 Å². The molecule has 0 atom stereocenters. The highest BCUT2D eigenvalue weighted by atomic mass is 79.9. The zero-order valence-corrected chi connectivity index (χ0v) is 17.1. The van der Waals surface area contributed by atoms with Gasteiger partial charge in [0.25, 0.3) is 17.5 Å². The minimum Gasteiger partial charge on any atom is -0.482 e. The number of nitrogens with one attached hydrogen (secondary N) is 3. The minimum absolute atomic E-state index is 0.143. The maximum absolute atomic E-state index is 12.0. The Bertz CT molecular complexity index is 926. The van der Waals surface area contributed by atoms with E-state index >= 15 is 0 Å². The Morgan fingerprint density at radius 2 is 1.86 bits per heavy atom. The lowest BCUT2D eigenvalue weighted by atomic mass is 10.2. The second-order valence-corrected chi connectivity index (χ2v) is 6.85. The molecule has 28 heavy (non-hydrogen) atoms. The molecule has 0 aromatic heterocycles. The molecule has 3 N–H and O–H groups in total. The number of nitro benzene ring substituents is 1. The second kappa shape index (κ2) is 9.97. The highest BCUT2D eigenvalue weighted by Gasteiger charge is 2.12. The number of hydrazine groups is 1. The van der Waals surface area contributed by atoms with Crippen LogP contribution in [0.1, 0.15) is 10.4 Å². The van der Waals surface area contributed by atoms with Crippen molar-refractivity contribution < 1.29 is 19.2 Å². The molecule has 0 spiro atoms. The van der Waals surface area contributed by atoms with Crippen LogP contribution in [0, 0.1) is 10.1 Å². The molecule has 0 saturated carbocycles. The Morgan fingerprint density at radius 1 is 1.18 bits per heavy atom. The van der Waals surface area contributed by atoms with Crippen LogP contribution in [0.3, 0.4) is 0 Å². The Labute approximate surface area is 177 Å². The predicted molar refractivity (Wildman–Crippen MR) is 109 cm³/mol. The summed E-state index contributed by atoms with van der Waals surface area (Å²) in [6, 6.07) is 9.88. The van der Waals surface area contributed by atoms with Gasteiger partial charge >= 0.3 is 0 Å². The number of amides is 2. The number of ether oxygens (including phenoxy) is 1. The summed E-state index contributed by atoms with van der Waals surface area (Å²) >= 11 is 14.1. The predicted octanol–water partition coefficient (Wildman–Crippen LogP) is 2.73. The fourth-order valence-electron chi connectivity index (χ4n) is 1.84. The van der Waals surface area contributed by atoms with Crippen molar-refractivity contribution in [2.24, 2.45) is 0 Å². The van der Waals surface area contributed by atoms with Gasteiger partial charge < -0.3 is 4.74 Å². The molecule has 0 aliphatic heterocycles. The highest BCUT2D eigenvalue weighted by molar-refractivity contribution is 9.10. The summed E-state index contributed by atoms with van der Waals surface area (Å²) in [4.78, 5) is 33.8. The van der Waals surface area contributed by atoms with Crippen molar-refractivity contribution >= 4 is 62.4 Å². The van der Waals surface area contributed by atoms with Crippen molar-refractivity contribution in [2.45, 2.75) is 0 Å². The molecular weight excluding hydrogens is 476 g/mol. The second-order valence-electron chi connectivity index (χ2n) is 5.12. The third kappa shape index (κ3) is 6.44. The molecule has 2 amide bonds. The average molecular weight is 488 g/mol. The van der Waals surface area contributed by atoms with Gasteiger partial charge in [-0.2, -0.15) is 0 Å². The summed E-state index contributed by atoms with van der Waals surface area (Å²) in [7, 11) is 0. The molecule has 0 radical (unpaired) electrons. The molecule has 0 aliphatic rings. The van der Waals surface area contributed by atoms with Gasteiger partial charge in [-0.15, -0.1) is 0 Å². The molecule has 2 aromatic carbocycles. The fraction of sp³-hybridized carbons (Fsp3) is 0.0625. The third-order valence-electron chi connectivity index (χ3n) is 3.14. The molecule has 0 saturated heterocycles. The van der Waals surface area contributed by atoms with Crippen molar-refractivity contribution in [1.29, 1.82) is 0 Å². The van der Waals surface area contributed by atoms with Gasteiger partial charge in [0, 0.05) is 22.2 Å². The lowest BCUT2D eigenvalue weighted by Crippen LogP contribution is -2.49. The van der Waals surface area contributed by atoms with Crippen LogP contribution in [-0.2, 0) is 4.79 Å². The van der Waals surface area contributed by atoms with Crippen LogP contribution in [0.15, 0.2) is 46.9 Å².